The number of carbonyl (C=O) groups excluding carboxylic acids is 2. The number of nitrogens with one attached hydrogen (secondary N) is 2. The highest BCUT2D eigenvalue weighted by Gasteiger charge is 2.22. The minimum atomic E-state index is -0.631. The zero-order valence-electron chi connectivity index (χ0n) is 18.7. The SMILES string of the molecule is CC.CC.CCNC(=O)C(Cc1cccc2ccccc12)NC(=O)c1ccccc1. The minimum Gasteiger partial charge on any atom is -0.355 e. The van der Waals surface area contributed by atoms with E-state index in [2.05, 4.69) is 10.6 Å². The molecule has 3 rings (SSSR count). The first-order valence-corrected chi connectivity index (χ1v) is 10.8. The topological polar surface area (TPSA) is 58.2 Å². The molecule has 3 aromatic rings. The third-order valence-corrected chi connectivity index (χ3v) is 4.31. The normalized spacial score (nSPS) is 10.6. The van der Waals surface area contributed by atoms with E-state index in [1.54, 1.807) is 24.3 Å². The van der Waals surface area contributed by atoms with Crippen LogP contribution in [-0.4, -0.2) is 24.4 Å². The van der Waals surface area contributed by atoms with E-state index in [1.807, 2.05) is 83.1 Å². The number of amides is 2. The van der Waals surface area contributed by atoms with Gasteiger partial charge < -0.3 is 10.6 Å². The Labute approximate surface area is 180 Å². The molecular formula is C26H34N2O2. The average molecular weight is 407 g/mol. The predicted molar refractivity (Wildman–Crippen MR) is 127 cm³/mol. The maximum Gasteiger partial charge on any atom is 0.251 e. The van der Waals surface area contributed by atoms with Gasteiger partial charge in [0, 0.05) is 18.5 Å². The maximum absolute atomic E-state index is 12.5. The molecule has 0 aromatic heterocycles. The van der Waals surface area contributed by atoms with E-state index in [0.29, 0.717) is 18.5 Å². The number of hydrogen-bond donors (Lipinski definition) is 2. The van der Waals surface area contributed by atoms with Crippen LogP contribution in [0.25, 0.3) is 10.8 Å². The van der Waals surface area contributed by atoms with Crippen molar-refractivity contribution in [1.82, 2.24) is 10.6 Å². The maximum atomic E-state index is 12.5. The third kappa shape index (κ3) is 7.03. The molecule has 2 N–H and O–H groups in total. The standard InChI is InChI=1S/C22H22N2O2.2C2H6/c1-2-23-22(26)20(24-21(25)17-10-4-3-5-11-17)15-18-13-8-12-16-9-6-7-14-19(16)18;2*1-2/h3-14,20H,2,15H2,1H3,(H,23,26)(H,24,25);2*1-2H3. The second-order valence-electron chi connectivity index (χ2n) is 6.13. The van der Waals surface area contributed by atoms with Crippen molar-refractivity contribution in [2.75, 3.05) is 6.54 Å². The van der Waals surface area contributed by atoms with Crippen LogP contribution in [0.1, 0.15) is 50.5 Å². The Morgan fingerprint density at radius 2 is 1.40 bits per heavy atom. The molecule has 1 atom stereocenters. The lowest BCUT2D eigenvalue weighted by Gasteiger charge is -2.19. The molecule has 0 fully saturated rings. The van der Waals surface area contributed by atoms with Gasteiger partial charge in [-0.25, -0.2) is 0 Å². The molecule has 3 aromatic carbocycles. The number of benzene rings is 3. The fourth-order valence-corrected chi connectivity index (χ4v) is 3.03. The summed E-state index contributed by atoms with van der Waals surface area (Å²) in [6.07, 6.45) is 0.436. The molecule has 30 heavy (non-hydrogen) atoms. The summed E-state index contributed by atoms with van der Waals surface area (Å²) in [4.78, 5) is 25.1. The number of carbonyl (C=O) groups is 2. The molecular weight excluding hydrogens is 372 g/mol. The zero-order chi connectivity index (χ0) is 22.4. The molecule has 0 aliphatic rings. The summed E-state index contributed by atoms with van der Waals surface area (Å²) in [5, 5.41) is 7.91. The van der Waals surface area contributed by atoms with Crippen LogP contribution in [0.5, 0.6) is 0 Å². The summed E-state index contributed by atoms with van der Waals surface area (Å²) in [7, 11) is 0. The van der Waals surface area contributed by atoms with Gasteiger partial charge in [0.2, 0.25) is 5.91 Å². The van der Waals surface area contributed by atoms with E-state index in [1.165, 1.54) is 0 Å². The van der Waals surface area contributed by atoms with Crippen LogP contribution in [0.2, 0.25) is 0 Å². The molecule has 0 bridgehead atoms. The van der Waals surface area contributed by atoms with Crippen molar-refractivity contribution >= 4 is 22.6 Å². The summed E-state index contributed by atoms with van der Waals surface area (Å²) in [6.45, 7) is 10.4. The quantitative estimate of drug-likeness (QED) is 0.578. The fraction of sp³-hybridized carbons (Fsp3) is 0.308. The van der Waals surface area contributed by atoms with Gasteiger partial charge in [0.1, 0.15) is 6.04 Å². The van der Waals surface area contributed by atoms with Crippen LogP contribution in [0, 0.1) is 0 Å². The van der Waals surface area contributed by atoms with E-state index in [4.69, 9.17) is 0 Å². The molecule has 0 aliphatic heterocycles. The van der Waals surface area contributed by atoms with Crippen LogP contribution < -0.4 is 10.6 Å². The summed E-state index contributed by atoms with van der Waals surface area (Å²) < 4.78 is 0. The summed E-state index contributed by atoms with van der Waals surface area (Å²) >= 11 is 0. The summed E-state index contributed by atoms with van der Waals surface area (Å²) in [6, 6.07) is 22.4. The Hall–Kier alpha value is -3.14. The number of likely N-dealkylation sites (N-methyl/N-ethyl adjacent to an activating group) is 1. The molecule has 2 amide bonds. The van der Waals surface area contributed by atoms with Gasteiger partial charge in [-0.15, -0.1) is 0 Å². The van der Waals surface area contributed by atoms with Crippen LogP contribution in [0.4, 0.5) is 0 Å². The average Bonchev–Trinajstić information content (AvgIpc) is 2.82. The highest BCUT2D eigenvalue weighted by molar-refractivity contribution is 5.98. The van der Waals surface area contributed by atoms with Gasteiger partial charge >= 0.3 is 0 Å². The molecule has 0 saturated carbocycles. The van der Waals surface area contributed by atoms with Gasteiger partial charge in [-0.1, -0.05) is 88.4 Å². The van der Waals surface area contributed by atoms with Gasteiger partial charge in [0.25, 0.3) is 5.91 Å². The molecule has 4 heteroatoms. The first kappa shape index (κ1) is 24.9. The lowest BCUT2D eigenvalue weighted by molar-refractivity contribution is -0.122. The number of fused-ring (bicyclic) bond motifs is 1. The monoisotopic (exact) mass is 406 g/mol. The Balaban J connectivity index is 0.00000106. The first-order valence-electron chi connectivity index (χ1n) is 10.8. The van der Waals surface area contributed by atoms with Crippen molar-refractivity contribution in [3.63, 3.8) is 0 Å². The molecule has 0 radical (unpaired) electrons. The molecule has 1 unspecified atom stereocenters. The van der Waals surface area contributed by atoms with Crippen molar-refractivity contribution in [3.8, 4) is 0 Å². The fourth-order valence-electron chi connectivity index (χ4n) is 3.03. The zero-order valence-corrected chi connectivity index (χ0v) is 18.7. The van der Waals surface area contributed by atoms with E-state index in [0.717, 1.165) is 16.3 Å². The van der Waals surface area contributed by atoms with Gasteiger partial charge in [-0.2, -0.15) is 0 Å². The van der Waals surface area contributed by atoms with Crippen LogP contribution in [0.15, 0.2) is 72.8 Å². The molecule has 0 aliphatic carbocycles. The van der Waals surface area contributed by atoms with Crippen molar-refractivity contribution in [1.29, 1.82) is 0 Å². The van der Waals surface area contributed by atoms with Gasteiger partial charge in [0.15, 0.2) is 0 Å². The second-order valence-corrected chi connectivity index (χ2v) is 6.13. The predicted octanol–water partition coefficient (Wildman–Crippen LogP) is 5.37. The van der Waals surface area contributed by atoms with Crippen LogP contribution in [0.3, 0.4) is 0 Å². The van der Waals surface area contributed by atoms with Crippen molar-refractivity contribution in [2.24, 2.45) is 0 Å². The van der Waals surface area contributed by atoms with Crippen molar-refractivity contribution < 1.29 is 9.59 Å². The molecule has 0 heterocycles. The summed E-state index contributed by atoms with van der Waals surface area (Å²) in [5.74, 6) is -0.424. The minimum absolute atomic E-state index is 0.176. The van der Waals surface area contributed by atoms with E-state index in [-0.39, 0.29) is 11.8 Å². The van der Waals surface area contributed by atoms with E-state index < -0.39 is 6.04 Å². The third-order valence-electron chi connectivity index (χ3n) is 4.31. The van der Waals surface area contributed by atoms with Crippen molar-refractivity contribution in [2.45, 2.75) is 47.1 Å². The van der Waals surface area contributed by atoms with Crippen LogP contribution in [-0.2, 0) is 11.2 Å². The largest absolute Gasteiger partial charge is 0.355 e. The molecule has 0 spiro atoms. The smallest absolute Gasteiger partial charge is 0.251 e. The Morgan fingerprint density at radius 3 is 2.07 bits per heavy atom. The van der Waals surface area contributed by atoms with E-state index >= 15 is 0 Å². The van der Waals surface area contributed by atoms with E-state index in [9.17, 15) is 9.59 Å². The molecule has 4 nitrogen and oxygen atoms in total. The van der Waals surface area contributed by atoms with Gasteiger partial charge in [0.05, 0.1) is 0 Å². The Bertz CT molecular complexity index is 902. The Morgan fingerprint density at radius 1 is 0.800 bits per heavy atom. The molecule has 160 valence electrons. The second kappa shape index (κ2) is 13.9. The highest BCUT2D eigenvalue weighted by Crippen LogP contribution is 2.20. The number of rotatable bonds is 6. The lowest BCUT2D eigenvalue weighted by atomic mass is 9.98. The van der Waals surface area contributed by atoms with Gasteiger partial charge in [-0.05, 0) is 35.4 Å². The van der Waals surface area contributed by atoms with Crippen molar-refractivity contribution in [3.05, 3.63) is 83.9 Å². The highest BCUT2D eigenvalue weighted by atomic mass is 16.2. The lowest BCUT2D eigenvalue weighted by Crippen LogP contribution is -2.48. The molecule has 0 saturated heterocycles. The first-order chi connectivity index (χ1) is 14.7. The summed E-state index contributed by atoms with van der Waals surface area (Å²) in [5.41, 5.74) is 1.58. The van der Waals surface area contributed by atoms with Gasteiger partial charge in [-0.3, -0.25) is 9.59 Å². The Kier molecular flexibility index (Phi) is 11.6. The van der Waals surface area contributed by atoms with Crippen LogP contribution >= 0.6 is 0 Å². The number of hydrogen-bond acceptors (Lipinski definition) is 2.